The van der Waals surface area contributed by atoms with Gasteiger partial charge in [-0.05, 0) is 31.2 Å². The Balaban J connectivity index is 2.10. The molecule has 2 nitrogen and oxygen atoms in total. The highest BCUT2D eigenvalue weighted by Crippen LogP contribution is 2.24. The molecule has 1 unspecified atom stereocenters. The number of hydrogen-bond acceptors (Lipinski definition) is 2. The van der Waals surface area contributed by atoms with Gasteiger partial charge in [-0.25, -0.2) is 8.78 Å². The first-order valence-corrected chi connectivity index (χ1v) is 6.55. The van der Waals surface area contributed by atoms with Gasteiger partial charge in [-0.3, -0.25) is 0 Å². The van der Waals surface area contributed by atoms with E-state index in [-0.39, 0.29) is 11.8 Å². The predicted molar refractivity (Wildman–Crippen MR) is 75.0 cm³/mol. The number of nitrogens with one attached hydrogen (secondary N) is 1. The zero-order chi connectivity index (χ0) is 14.5. The number of ether oxygens (including phenoxy) is 1. The van der Waals surface area contributed by atoms with E-state index < -0.39 is 11.6 Å². The molecule has 0 aliphatic rings. The summed E-state index contributed by atoms with van der Waals surface area (Å²) in [6, 6.07) is 10.8. The summed E-state index contributed by atoms with van der Waals surface area (Å²) in [5.41, 5.74) is 1.13. The van der Waals surface area contributed by atoms with Gasteiger partial charge in [0.2, 0.25) is 0 Å². The van der Waals surface area contributed by atoms with Gasteiger partial charge in [-0.2, -0.15) is 0 Å². The maximum atomic E-state index is 13.1. The van der Waals surface area contributed by atoms with Gasteiger partial charge in [0.05, 0.1) is 0 Å². The van der Waals surface area contributed by atoms with Crippen molar-refractivity contribution in [1.82, 2.24) is 5.32 Å². The van der Waals surface area contributed by atoms with Crippen LogP contribution < -0.4 is 10.1 Å². The van der Waals surface area contributed by atoms with E-state index in [1.807, 2.05) is 19.1 Å². The van der Waals surface area contributed by atoms with Crippen molar-refractivity contribution in [3.8, 4) is 11.5 Å². The normalized spacial score (nSPS) is 12.2. The van der Waals surface area contributed by atoms with Crippen molar-refractivity contribution in [2.75, 3.05) is 6.54 Å². The van der Waals surface area contributed by atoms with Gasteiger partial charge < -0.3 is 10.1 Å². The lowest BCUT2D eigenvalue weighted by Gasteiger charge is -2.13. The topological polar surface area (TPSA) is 21.3 Å². The van der Waals surface area contributed by atoms with Crippen molar-refractivity contribution in [3.63, 3.8) is 0 Å². The molecule has 0 aromatic heterocycles. The van der Waals surface area contributed by atoms with Crippen LogP contribution in [0.15, 0.2) is 42.5 Å². The molecular formula is C16H17F2NO. The average molecular weight is 277 g/mol. The molecule has 2 aromatic rings. The second kappa shape index (κ2) is 6.48. The summed E-state index contributed by atoms with van der Waals surface area (Å²) in [6.45, 7) is 5.01. The van der Waals surface area contributed by atoms with Crippen LogP contribution in [-0.2, 0) is 0 Å². The Hall–Kier alpha value is -1.94. The Morgan fingerprint density at radius 2 is 1.60 bits per heavy atom. The highest BCUT2D eigenvalue weighted by atomic mass is 19.1. The van der Waals surface area contributed by atoms with E-state index in [0.29, 0.717) is 5.75 Å². The second-order valence-electron chi connectivity index (χ2n) is 4.56. The molecule has 0 saturated heterocycles. The molecule has 0 bridgehead atoms. The van der Waals surface area contributed by atoms with Crippen LogP contribution >= 0.6 is 0 Å². The van der Waals surface area contributed by atoms with Crippen molar-refractivity contribution in [2.24, 2.45) is 0 Å². The highest BCUT2D eigenvalue weighted by molar-refractivity contribution is 5.34. The van der Waals surface area contributed by atoms with E-state index in [2.05, 4.69) is 12.2 Å². The Kier molecular flexibility index (Phi) is 4.69. The summed E-state index contributed by atoms with van der Waals surface area (Å²) >= 11 is 0. The summed E-state index contributed by atoms with van der Waals surface area (Å²) in [6.07, 6.45) is 0. The molecule has 2 rings (SSSR count). The number of benzene rings is 2. The van der Waals surface area contributed by atoms with Gasteiger partial charge in [-0.1, -0.05) is 19.1 Å². The molecule has 0 aliphatic heterocycles. The van der Waals surface area contributed by atoms with Crippen molar-refractivity contribution in [3.05, 3.63) is 59.7 Å². The zero-order valence-electron chi connectivity index (χ0n) is 11.5. The van der Waals surface area contributed by atoms with Gasteiger partial charge in [-0.15, -0.1) is 0 Å². The minimum Gasteiger partial charge on any atom is -0.457 e. The summed E-state index contributed by atoms with van der Waals surface area (Å²) in [5.74, 6) is -0.618. The maximum absolute atomic E-state index is 13.1. The smallest absolute Gasteiger partial charge is 0.133 e. The third-order valence-corrected chi connectivity index (χ3v) is 2.96. The van der Waals surface area contributed by atoms with Crippen LogP contribution in [-0.4, -0.2) is 6.54 Å². The molecule has 20 heavy (non-hydrogen) atoms. The number of halogens is 2. The molecule has 2 aromatic carbocycles. The molecule has 0 amide bonds. The lowest BCUT2D eigenvalue weighted by Crippen LogP contribution is -2.17. The van der Waals surface area contributed by atoms with E-state index >= 15 is 0 Å². The second-order valence-corrected chi connectivity index (χ2v) is 4.56. The van der Waals surface area contributed by atoms with Crippen molar-refractivity contribution < 1.29 is 13.5 Å². The maximum Gasteiger partial charge on any atom is 0.133 e. The van der Waals surface area contributed by atoms with Crippen LogP contribution in [0.2, 0.25) is 0 Å². The fourth-order valence-corrected chi connectivity index (χ4v) is 1.97. The minimum atomic E-state index is -0.655. The Bertz CT molecular complexity index is 549. The monoisotopic (exact) mass is 277 g/mol. The molecule has 1 atom stereocenters. The third kappa shape index (κ3) is 3.78. The predicted octanol–water partition coefficient (Wildman–Crippen LogP) is 4.43. The number of hydrogen-bond donors (Lipinski definition) is 1. The van der Waals surface area contributed by atoms with Crippen LogP contribution in [0.3, 0.4) is 0 Å². The summed E-state index contributed by atoms with van der Waals surface area (Å²) in [5, 5.41) is 3.31. The molecular weight excluding hydrogens is 260 g/mol. The summed E-state index contributed by atoms with van der Waals surface area (Å²) in [4.78, 5) is 0. The molecule has 0 saturated carbocycles. The largest absolute Gasteiger partial charge is 0.457 e. The lowest BCUT2D eigenvalue weighted by molar-refractivity contribution is 0.467. The molecule has 106 valence electrons. The van der Waals surface area contributed by atoms with Crippen LogP contribution in [0.1, 0.15) is 25.5 Å². The highest BCUT2D eigenvalue weighted by Gasteiger charge is 2.05. The van der Waals surface area contributed by atoms with Gasteiger partial charge in [0.25, 0.3) is 0 Å². The average Bonchev–Trinajstić information content (AvgIpc) is 2.38. The number of rotatable bonds is 5. The lowest BCUT2D eigenvalue weighted by atomic mass is 10.1. The van der Waals surface area contributed by atoms with Crippen molar-refractivity contribution in [1.29, 1.82) is 0 Å². The molecule has 0 radical (unpaired) electrons. The van der Waals surface area contributed by atoms with E-state index in [9.17, 15) is 8.78 Å². The molecule has 1 N–H and O–H groups in total. The molecule has 0 aliphatic carbocycles. The van der Waals surface area contributed by atoms with Gasteiger partial charge in [0, 0.05) is 24.2 Å². The SMILES string of the molecule is CCNC(C)c1ccc(Oc2cc(F)cc(F)c2)cc1. The fraction of sp³-hybridized carbons (Fsp3) is 0.250. The van der Waals surface area contributed by atoms with E-state index in [1.165, 1.54) is 0 Å². The summed E-state index contributed by atoms with van der Waals surface area (Å²) in [7, 11) is 0. The standard InChI is InChI=1S/C16H17F2NO/c1-3-19-11(2)12-4-6-15(7-5-12)20-16-9-13(17)8-14(18)10-16/h4-11,19H,3H2,1-2H3. The Morgan fingerprint density at radius 1 is 1.00 bits per heavy atom. The van der Waals surface area contributed by atoms with Crippen LogP contribution in [0, 0.1) is 11.6 Å². The Labute approximate surface area is 117 Å². The molecule has 0 heterocycles. The zero-order valence-corrected chi connectivity index (χ0v) is 11.5. The third-order valence-electron chi connectivity index (χ3n) is 2.96. The van der Waals surface area contributed by atoms with Gasteiger partial charge in [0.1, 0.15) is 23.1 Å². The van der Waals surface area contributed by atoms with Crippen LogP contribution in [0.25, 0.3) is 0 Å². The van der Waals surface area contributed by atoms with E-state index in [0.717, 1.165) is 30.3 Å². The van der Waals surface area contributed by atoms with E-state index in [1.54, 1.807) is 12.1 Å². The summed E-state index contributed by atoms with van der Waals surface area (Å²) < 4.78 is 31.5. The minimum absolute atomic E-state index is 0.148. The van der Waals surface area contributed by atoms with E-state index in [4.69, 9.17) is 4.74 Å². The molecule has 4 heteroatoms. The molecule has 0 fully saturated rings. The first kappa shape index (κ1) is 14.5. The van der Waals surface area contributed by atoms with Crippen molar-refractivity contribution >= 4 is 0 Å². The fourth-order valence-electron chi connectivity index (χ4n) is 1.97. The quantitative estimate of drug-likeness (QED) is 0.873. The molecule has 0 spiro atoms. The van der Waals surface area contributed by atoms with Crippen LogP contribution in [0.4, 0.5) is 8.78 Å². The van der Waals surface area contributed by atoms with Crippen molar-refractivity contribution in [2.45, 2.75) is 19.9 Å². The first-order valence-electron chi connectivity index (χ1n) is 6.55. The van der Waals surface area contributed by atoms with Gasteiger partial charge in [0.15, 0.2) is 0 Å². The van der Waals surface area contributed by atoms with Gasteiger partial charge >= 0.3 is 0 Å². The first-order chi connectivity index (χ1) is 9.58. The van der Waals surface area contributed by atoms with Crippen LogP contribution in [0.5, 0.6) is 11.5 Å². The Morgan fingerprint density at radius 3 is 2.15 bits per heavy atom.